The number of benzene rings is 1. The summed E-state index contributed by atoms with van der Waals surface area (Å²) < 4.78 is 0. The molecule has 0 spiro atoms. The maximum Gasteiger partial charge on any atom is 0.0944 e. The summed E-state index contributed by atoms with van der Waals surface area (Å²) >= 11 is 1.79. The standard InChI is InChI=1S/C18H26N2S/c1-5-19-15(11-14-9-7-6-8-10-14)12-17-20-16(13-21-17)18(2,3)4/h6-10,13,15,19H,5,11-12H2,1-4H3. The van der Waals surface area contributed by atoms with Crippen LogP contribution in [-0.2, 0) is 18.3 Å². The second kappa shape index (κ2) is 7.19. The average Bonchev–Trinajstić information content (AvgIpc) is 2.89. The minimum atomic E-state index is 0.141. The van der Waals surface area contributed by atoms with E-state index in [-0.39, 0.29) is 5.41 Å². The quantitative estimate of drug-likeness (QED) is 0.865. The van der Waals surface area contributed by atoms with Crippen LogP contribution < -0.4 is 5.32 Å². The number of rotatable bonds is 6. The van der Waals surface area contributed by atoms with E-state index in [1.165, 1.54) is 16.3 Å². The molecule has 114 valence electrons. The van der Waals surface area contributed by atoms with Crippen molar-refractivity contribution in [3.63, 3.8) is 0 Å². The van der Waals surface area contributed by atoms with Crippen LogP contribution in [0.4, 0.5) is 0 Å². The summed E-state index contributed by atoms with van der Waals surface area (Å²) in [7, 11) is 0. The van der Waals surface area contributed by atoms with Crippen molar-refractivity contribution in [2.24, 2.45) is 0 Å². The lowest BCUT2D eigenvalue weighted by molar-refractivity contribution is 0.516. The number of thiazole rings is 1. The Labute approximate surface area is 132 Å². The molecule has 0 saturated carbocycles. The Morgan fingerprint density at radius 2 is 1.86 bits per heavy atom. The van der Waals surface area contributed by atoms with Gasteiger partial charge in [-0.3, -0.25) is 0 Å². The zero-order valence-corrected chi connectivity index (χ0v) is 14.3. The fraction of sp³-hybridized carbons (Fsp3) is 0.500. The lowest BCUT2D eigenvalue weighted by atomic mass is 9.93. The molecule has 21 heavy (non-hydrogen) atoms. The van der Waals surface area contributed by atoms with E-state index < -0.39 is 0 Å². The average molecular weight is 302 g/mol. The molecular formula is C18H26N2S. The molecular weight excluding hydrogens is 276 g/mol. The highest BCUT2D eigenvalue weighted by molar-refractivity contribution is 7.09. The summed E-state index contributed by atoms with van der Waals surface area (Å²) in [6.07, 6.45) is 2.06. The van der Waals surface area contributed by atoms with Crippen LogP contribution in [0.1, 0.15) is 44.0 Å². The number of aromatic nitrogens is 1. The molecule has 3 heteroatoms. The van der Waals surface area contributed by atoms with Crippen LogP contribution in [0.2, 0.25) is 0 Å². The highest BCUT2D eigenvalue weighted by atomic mass is 32.1. The summed E-state index contributed by atoms with van der Waals surface area (Å²) in [5.41, 5.74) is 2.73. The first-order chi connectivity index (χ1) is 9.99. The molecule has 1 heterocycles. The predicted molar refractivity (Wildman–Crippen MR) is 92.1 cm³/mol. The van der Waals surface area contributed by atoms with Gasteiger partial charge in [-0.2, -0.15) is 0 Å². The molecule has 0 amide bonds. The molecule has 1 aromatic heterocycles. The minimum Gasteiger partial charge on any atom is -0.314 e. The van der Waals surface area contributed by atoms with E-state index in [2.05, 4.69) is 68.7 Å². The molecule has 2 rings (SSSR count). The van der Waals surface area contributed by atoms with Gasteiger partial charge in [-0.1, -0.05) is 58.0 Å². The van der Waals surface area contributed by atoms with Crippen molar-refractivity contribution in [3.8, 4) is 0 Å². The molecule has 1 aromatic carbocycles. The van der Waals surface area contributed by atoms with Crippen molar-refractivity contribution >= 4 is 11.3 Å². The normalized spacial score (nSPS) is 13.3. The zero-order valence-electron chi connectivity index (χ0n) is 13.5. The molecule has 1 unspecified atom stereocenters. The van der Waals surface area contributed by atoms with Crippen LogP contribution in [0.25, 0.3) is 0 Å². The van der Waals surface area contributed by atoms with E-state index in [1.54, 1.807) is 11.3 Å². The zero-order chi connectivity index (χ0) is 15.3. The van der Waals surface area contributed by atoms with Gasteiger partial charge >= 0.3 is 0 Å². The summed E-state index contributed by atoms with van der Waals surface area (Å²) in [5.74, 6) is 0. The van der Waals surface area contributed by atoms with Gasteiger partial charge in [0, 0.05) is 23.3 Å². The van der Waals surface area contributed by atoms with Crippen molar-refractivity contribution in [2.75, 3.05) is 6.54 Å². The van der Waals surface area contributed by atoms with Crippen molar-refractivity contribution in [1.82, 2.24) is 10.3 Å². The number of hydrogen-bond acceptors (Lipinski definition) is 3. The van der Waals surface area contributed by atoms with Crippen LogP contribution in [0.3, 0.4) is 0 Å². The van der Waals surface area contributed by atoms with Gasteiger partial charge in [0.15, 0.2) is 0 Å². The van der Waals surface area contributed by atoms with Crippen LogP contribution in [0, 0.1) is 0 Å². The predicted octanol–water partition coefficient (Wildman–Crippen LogP) is 4.20. The van der Waals surface area contributed by atoms with Crippen LogP contribution >= 0.6 is 11.3 Å². The number of likely N-dealkylation sites (N-methyl/N-ethyl adjacent to an activating group) is 1. The molecule has 1 N–H and O–H groups in total. The van der Waals surface area contributed by atoms with Crippen molar-refractivity contribution in [3.05, 3.63) is 52.0 Å². The van der Waals surface area contributed by atoms with Crippen molar-refractivity contribution in [2.45, 2.75) is 52.0 Å². The van der Waals surface area contributed by atoms with Gasteiger partial charge in [-0.25, -0.2) is 4.98 Å². The molecule has 0 aliphatic rings. The monoisotopic (exact) mass is 302 g/mol. The summed E-state index contributed by atoms with van der Waals surface area (Å²) in [6.45, 7) is 9.82. The van der Waals surface area contributed by atoms with Gasteiger partial charge < -0.3 is 5.32 Å². The second-order valence-corrected chi connectivity index (χ2v) is 7.47. The van der Waals surface area contributed by atoms with Crippen LogP contribution in [0.15, 0.2) is 35.7 Å². The molecule has 1 atom stereocenters. The SMILES string of the molecule is CCNC(Cc1ccccc1)Cc1nc(C(C)(C)C)cs1. The molecule has 0 fully saturated rings. The van der Waals surface area contributed by atoms with E-state index in [1.807, 2.05) is 0 Å². The van der Waals surface area contributed by atoms with E-state index in [0.29, 0.717) is 6.04 Å². The van der Waals surface area contributed by atoms with Crippen LogP contribution in [0.5, 0.6) is 0 Å². The summed E-state index contributed by atoms with van der Waals surface area (Å²) in [6, 6.07) is 11.2. The van der Waals surface area contributed by atoms with Gasteiger partial charge in [-0.05, 0) is 18.5 Å². The van der Waals surface area contributed by atoms with Gasteiger partial charge in [0.2, 0.25) is 0 Å². The van der Waals surface area contributed by atoms with E-state index in [0.717, 1.165) is 19.4 Å². The third-order valence-electron chi connectivity index (χ3n) is 3.56. The van der Waals surface area contributed by atoms with Crippen molar-refractivity contribution in [1.29, 1.82) is 0 Å². The van der Waals surface area contributed by atoms with Crippen molar-refractivity contribution < 1.29 is 0 Å². The van der Waals surface area contributed by atoms with Gasteiger partial charge in [-0.15, -0.1) is 11.3 Å². The summed E-state index contributed by atoms with van der Waals surface area (Å²) in [4.78, 5) is 4.82. The molecule has 0 bridgehead atoms. The Hall–Kier alpha value is -1.19. The first kappa shape index (κ1) is 16.2. The first-order valence-electron chi connectivity index (χ1n) is 7.71. The fourth-order valence-electron chi connectivity index (χ4n) is 2.36. The number of nitrogens with one attached hydrogen (secondary N) is 1. The van der Waals surface area contributed by atoms with Gasteiger partial charge in [0.25, 0.3) is 0 Å². The van der Waals surface area contributed by atoms with E-state index in [4.69, 9.17) is 4.98 Å². The van der Waals surface area contributed by atoms with Crippen LogP contribution in [-0.4, -0.2) is 17.6 Å². The van der Waals surface area contributed by atoms with Gasteiger partial charge in [0.05, 0.1) is 10.7 Å². The third kappa shape index (κ3) is 4.94. The maximum absolute atomic E-state index is 4.82. The fourth-order valence-corrected chi connectivity index (χ4v) is 3.47. The highest BCUT2D eigenvalue weighted by Crippen LogP contribution is 2.24. The topological polar surface area (TPSA) is 24.9 Å². The lowest BCUT2D eigenvalue weighted by Crippen LogP contribution is -2.33. The third-order valence-corrected chi connectivity index (χ3v) is 4.43. The number of nitrogens with zero attached hydrogens (tertiary/aromatic N) is 1. The van der Waals surface area contributed by atoms with E-state index >= 15 is 0 Å². The largest absolute Gasteiger partial charge is 0.314 e. The Morgan fingerprint density at radius 1 is 1.14 bits per heavy atom. The molecule has 0 radical (unpaired) electrons. The molecule has 0 aliphatic heterocycles. The molecule has 2 nitrogen and oxygen atoms in total. The Morgan fingerprint density at radius 3 is 2.43 bits per heavy atom. The molecule has 0 aliphatic carbocycles. The number of hydrogen-bond donors (Lipinski definition) is 1. The Kier molecular flexibility index (Phi) is 5.54. The van der Waals surface area contributed by atoms with E-state index in [9.17, 15) is 0 Å². The summed E-state index contributed by atoms with van der Waals surface area (Å²) in [5, 5.41) is 7.04. The first-order valence-corrected chi connectivity index (χ1v) is 8.59. The highest BCUT2D eigenvalue weighted by Gasteiger charge is 2.19. The minimum absolute atomic E-state index is 0.141. The lowest BCUT2D eigenvalue weighted by Gasteiger charge is -2.17. The Bertz CT molecular complexity index is 540. The maximum atomic E-state index is 4.82. The second-order valence-electron chi connectivity index (χ2n) is 6.52. The molecule has 2 aromatic rings. The Balaban J connectivity index is 2.04. The molecule has 0 saturated heterocycles. The van der Waals surface area contributed by atoms with Gasteiger partial charge in [0.1, 0.15) is 0 Å². The smallest absolute Gasteiger partial charge is 0.0944 e.